The van der Waals surface area contributed by atoms with Gasteiger partial charge >= 0.3 is 0 Å². The summed E-state index contributed by atoms with van der Waals surface area (Å²) in [4.78, 5) is 16.6. The van der Waals surface area contributed by atoms with Crippen molar-refractivity contribution in [3.63, 3.8) is 0 Å². The van der Waals surface area contributed by atoms with Gasteiger partial charge in [-0.1, -0.05) is 6.08 Å². The van der Waals surface area contributed by atoms with E-state index in [1.807, 2.05) is 6.07 Å². The third-order valence-electron chi connectivity index (χ3n) is 2.10. The van der Waals surface area contributed by atoms with Crippen LogP contribution < -0.4 is 5.32 Å². The van der Waals surface area contributed by atoms with Gasteiger partial charge in [0.15, 0.2) is 0 Å². The molecule has 2 heterocycles. The molecular formula is C11H12N6O. The van der Waals surface area contributed by atoms with Crippen molar-refractivity contribution in [2.75, 3.05) is 6.54 Å². The number of pyridine rings is 1. The fraction of sp³-hybridized carbons (Fsp3) is 0.182. The molecule has 2 rings (SSSR count). The molecule has 18 heavy (non-hydrogen) atoms. The van der Waals surface area contributed by atoms with Gasteiger partial charge in [0.2, 0.25) is 11.7 Å². The number of aromatic nitrogens is 5. The summed E-state index contributed by atoms with van der Waals surface area (Å²) in [5.41, 5.74) is 0.759. The van der Waals surface area contributed by atoms with Crippen molar-refractivity contribution in [2.45, 2.75) is 6.54 Å². The lowest BCUT2D eigenvalue weighted by atomic mass is 10.3. The highest BCUT2D eigenvalue weighted by Gasteiger charge is 2.08. The van der Waals surface area contributed by atoms with Gasteiger partial charge < -0.3 is 5.32 Å². The van der Waals surface area contributed by atoms with Crippen molar-refractivity contribution < 1.29 is 4.79 Å². The van der Waals surface area contributed by atoms with Crippen LogP contribution in [0.2, 0.25) is 0 Å². The normalized spacial score (nSPS) is 10.0. The maximum Gasteiger partial charge on any atom is 0.243 e. The summed E-state index contributed by atoms with van der Waals surface area (Å²) in [6.45, 7) is 3.96. The SMILES string of the molecule is C=CCNC(=O)Cn1nnc(-c2cccnc2)n1. The second-order valence-corrected chi connectivity index (χ2v) is 3.48. The summed E-state index contributed by atoms with van der Waals surface area (Å²) in [6, 6.07) is 3.61. The van der Waals surface area contributed by atoms with E-state index in [-0.39, 0.29) is 12.5 Å². The lowest BCUT2D eigenvalue weighted by Gasteiger charge is -1.99. The topological polar surface area (TPSA) is 85.6 Å². The van der Waals surface area contributed by atoms with E-state index in [4.69, 9.17) is 0 Å². The first kappa shape index (κ1) is 11.9. The van der Waals surface area contributed by atoms with E-state index in [9.17, 15) is 4.79 Å². The van der Waals surface area contributed by atoms with E-state index in [2.05, 4.69) is 32.3 Å². The molecule has 1 amide bonds. The van der Waals surface area contributed by atoms with Crippen LogP contribution in [-0.4, -0.2) is 37.6 Å². The third kappa shape index (κ3) is 2.97. The minimum Gasteiger partial charge on any atom is -0.351 e. The number of tetrazole rings is 1. The first-order chi connectivity index (χ1) is 8.79. The van der Waals surface area contributed by atoms with Crippen LogP contribution in [0.4, 0.5) is 0 Å². The van der Waals surface area contributed by atoms with E-state index in [0.29, 0.717) is 12.4 Å². The molecule has 0 aromatic carbocycles. The molecule has 1 N–H and O–H groups in total. The number of nitrogens with one attached hydrogen (secondary N) is 1. The first-order valence-electron chi connectivity index (χ1n) is 5.35. The van der Waals surface area contributed by atoms with Crippen LogP contribution in [0.3, 0.4) is 0 Å². The maximum atomic E-state index is 11.4. The fourth-order valence-corrected chi connectivity index (χ4v) is 1.29. The van der Waals surface area contributed by atoms with Gasteiger partial charge in [-0.3, -0.25) is 9.78 Å². The van der Waals surface area contributed by atoms with Crippen LogP contribution in [0.5, 0.6) is 0 Å². The van der Waals surface area contributed by atoms with Gasteiger partial charge in [-0.25, -0.2) is 0 Å². The molecule has 0 unspecified atom stereocenters. The van der Waals surface area contributed by atoms with Crippen LogP contribution in [0.1, 0.15) is 0 Å². The molecule has 0 fully saturated rings. The van der Waals surface area contributed by atoms with Crippen LogP contribution in [-0.2, 0) is 11.3 Å². The highest BCUT2D eigenvalue weighted by molar-refractivity contribution is 5.75. The zero-order valence-corrected chi connectivity index (χ0v) is 9.65. The van der Waals surface area contributed by atoms with Gasteiger partial charge in [0, 0.05) is 24.5 Å². The van der Waals surface area contributed by atoms with Crippen molar-refractivity contribution >= 4 is 5.91 Å². The molecule has 0 bridgehead atoms. The Balaban J connectivity index is 2.02. The number of amides is 1. The average molecular weight is 244 g/mol. The lowest BCUT2D eigenvalue weighted by molar-refractivity contribution is -0.121. The van der Waals surface area contributed by atoms with Gasteiger partial charge in [0.05, 0.1) is 0 Å². The molecule has 0 saturated heterocycles. The summed E-state index contributed by atoms with van der Waals surface area (Å²) >= 11 is 0. The van der Waals surface area contributed by atoms with E-state index in [1.165, 1.54) is 4.80 Å². The van der Waals surface area contributed by atoms with E-state index >= 15 is 0 Å². The molecular weight excluding hydrogens is 232 g/mol. The van der Waals surface area contributed by atoms with E-state index < -0.39 is 0 Å². The Bertz CT molecular complexity index is 535. The fourth-order valence-electron chi connectivity index (χ4n) is 1.29. The maximum absolute atomic E-state index is 11.4. The number of carbonyl (C=O) groups excluding carboxylic acids is 1. The zero-order chi connectivity index (χ0) is 12.8. The number of rotatable bonds is 5. The zero-order valence-electron chi connectivity index (χ0n) is 9.65. The lowest BCUT2D eigenvalue weighted by Crippen LogP contribution is -2.28. The summed E-state index contributed by atoms with van der Waals surface area (Å²) in [5.74, 6) is 0.254. The molecule has 0 atom stereocenters. The number of hydrogen-bond acceptors (Lipinski definition) is 5. The summed E-state index contributed by atoms with van der Waals surface area (Å²) in [7, 11) is 0. The first-order valence-corrected chi connectivity index (χ1v) is 5.35. The highest BCUT2D eigenvalue weighted by atomic mass is 16.2. The summed E-state index contributed by atoms with van der Waals surface area (Å²) < 4.78 is 0. The van der Waals surface area contributed by atoms with Crippen LogP contribution in [0, 0.1) is 0 Å². The molecule has 0 saturated carbocycles. The summed E-state index contributed by atoms with van der Waals surface area (Å²) in [5, 5.41) is 14.4. The van der Waals surface area contributed by atoms with Crippen molar-refractivity contribution in [3.8, 4) is 11.4 Å². The van der Waals surface area contributed by atoms with Gasteiger partial charge in [-0.05, 0) is 17.3 Å². The number of carbonyl (C=O) groups is 1. The molecule has 0 aliphatic rings. The largest absolute Gasteiger partial charge is 0.351 e. The Morgan fingerprint density at radius 2 is 2.44 bits per heavy atom. The third-order valence-corrected chi connectivity index (χ3v) is 2.10. The second kappa shape index (κ2) is 5.67. The van der Waals surface area contributed by atoms with Crippen molar-refractivity contribution in [1.29, 1.82) is 0 Å². The van der Waals surface area contributed by atoms with E-state index in [0.717, 1.165) is 5.56 Å². The van der Waals surface area contributed by atoms with Crippen molar-refractivity contribution in [1.82, 2.24) is 30.5 Å². The Kier molecular flexibility index (Phi) is 3.75. The number of hydrogen-bond donors (Lipinski definition) is 1. The second-order valence-electron chi connectivity index (χ2n) is 3.48. The van der Waals surface area contributed by atoms with Crippen LogP contribution >= 0.6 is 0 Å². The highest BCUT2D eigenvalue weighted by Crippen LogP contribution is 2.09. The predicted molar refractivity (Wildman–Crippen MR) is 64.3 cm³/mol. The van der Waals surface area contributed by atoms with Gasteiger partial charge in [0.1, 0.15) is 6.54 Å². The quantitative estimate of drug-likeness (QED) is 0.750. The minimum absolute atomic E-state index is 0.0289. The Hall–Kier alpha value is -2.57. The van der Waals surface area contributed by atoms with Crippen LogP contribution in [0.25, 0.3) is 11.4 Å². The van der Waals surface area contributed by atoms with Crippen LogP contribution in [0.15, 0.2) is 37.2 Å². The molecule has 0 aliphatic carbocycles. The number of nitrogens with zero attached hydrogens (tertiary/aromatic N) is 5. The Labute approximate surface area is 104 Å². The summed E-state index contributed by atoms with van der Waals surface area (Å²) in [6.07, 6.45) is 4.91. The predicted octanol–water partition coefficient (Wildman–Crippen LogP) is 0.0373. The molecule has 92 valence electrons. The Morgan fingerprint density at radius 1 is 1.56 bits per heavy atom. The molecule has 7 nitrogen and oxygen atoms in total. The molecule has 7 heteroatoms. The van der Waals surface area contributed by atoms with Gasteiger partial charge in [-0.15, -0.1) is 16.8 Å². The van der Waals surface area contributed by atoms with Crippen molar-refractivity contribution in [2.24, 2.45) is 0 Å². The monoisotopic (exact) mass is 244 g/mol. The molecule has 0 spiro atoms. The molecule has 0 radical (unpaired) electrons. The molecule has 2 aromatic rings. The molecule has 2 aromatic heterocycles. The van der Waals surface area contributed by atoms with Crippen molar-refractivity contribution in [3.05, 3.63) is 37.2 Å². The van der Waals surface area contributed by atoms with Gasteiger partial charge in [-0.2, -0.15) is 4.80 Å². The Morgan fingerprint density at radius 3 is 3.17 bits per heavy atom. The average Bonchev–Trinajstić information content (AvgIpc) is 2.86. The van der Waals surface area contributed by atoms with E-state index in [1.54, 1.807) is 24.5 Å². The molecule has 0 aliphatic heterocycles. The van der Waals surface area contributed by atoms with Gasteiger partial charge in [0.25, 0.3) is 0 Å². The minimum atomic E-state index is -0.190. The standard InChI is InChI=1S/C11H12N6O/c1-2-5-13-10(18)8-17-15-11(14-16-17)9-4-3-6-12-7-9/h2-4,6-7H,1,5,8H2,(H,13,18). The smallest absolute Gasteiger partial charge is 0.243 e.